The lowest BCUT2D eigenvalue weighted by atomic mass is 9.82. The van der Waals surface area contributed by atoms with Gasteiger partial charge in [0, 0.05) is 19.6 Å². The topological polar surface area (TPSA) is 30.5 Å². The summed E-state index contributed by atoms with van der Waals surface area (Å²) >= 11 is 0. The molecule has 3 nitrogen and oxygen atoms in total. The Kier molecular flexibility index (Phi) is 6.03. The molecular weight excluding hydrogens is 238 g/mol. The second-order valence-electron chi connectivity index (χ2n) is 6.70. The van der Waals surface area contributed by atoms with Gasteiger partial charge in [0.25, 0.3) is 0 Å². The highest BCUT2D eigenvalue weighted by molar-refractivity contribution is 5.13. The minimum Gasteiger partial charge on any atom is -0.383 e. The first kappa shape index (κ1) is 16.7. The molecule has 1 aliphatic heterocycles. The second kappa shape index (κ2) is 6.87. The Morgan fingerprint density at radius 3 is 2.53 bits per heavy atom. The first-order chi connectivity index (χ1) is 8.78. The van der Waals surface area contributed by atoms with E-state index in [-0.39, 0.29) is 11.2 Å². The van der Waals surface area contributed by atoms with Gasteiger partial charge in [0.05, 0.1) is 17.8 Å². The zero-order valence-electron chi connectivity index (χ0n) is 13.5. The highest BCUT2D eigenvalue weighted by Gasteiger charge is 2.46. The molecule has 0 aromatic heterocycles. The smallest absolute Gasteiger partial charge is 0.0699 e. The molecule has 1 rings (SSSR count). The average Bonchev–Trinajstić information content (AvgIpc) is 2.51. The van der Waals surface area contributed by atoms with Crippen LogP contribution >= 0.6 is 0 Å². The standard InChI is InChI=1S/C16H31NO2/c1-13(8-7-9-17-10-11-18-6)14-12-15(2,3)19-16(14,4)5/h8,14,17H,7,9-12H2,1-6H3/b13-8-. The van der Waals surface area contributed by atoms with E-state index in [4.69, 9.17) is 9.47 Å². The molecule has 0 amide bonds. The zero-order chi connectivity index (χ0) is 14.5. The number of nitrogens with one attached hydrogen (secondary N) is 1. The van der Waals surface area contributed by atoms with Gasteiger partial charge in [-0.2, -0.15) is 0 Å². The number of hydrogen-bond donors (Lipinski definition) is 1. The van der Waals surface area contributed by atoms with Crippen molar-refractivity contribution in [3.63, 3.8) is 0 Å². The summed E-state index contributed by atoms with van der Waals surface area (Å²) in [6, 6.07) is 0. The Morgan fingerprint density at radius 1 is 1.32 bits per heavy atom. The van der Waals surface area contributed by atoms with Crippen molar-refractivity contribution in [2.24, 2.45) is 5.92 Å². The van der Waals surface area contributed by atoms with Gasteiger partial charge in [-0.05, 0) is 54.0 Å². The Balaban J connectivity index is 2.42. The third-order valence-corrected chi connectivity index (χ3v) is 3.89. The highest BCUT2D eigenvalue weighted by Crippen LogP contribution is 2.45. The van der Waals surface area contributed by atoms with Gasteiger partial charge in [0.15, 0.2) is 0 Å². The molecule has 19 heavy (non-hydrogen) atoms. The summed E-state index contributed by atoms with van der Waals surface area (Å²) in [5, 5.41) is 3.37. The van der Waals surface area contributed by atoms with Crippen LogP contribution in [0.4, 0.5) is 0 Å². The summed E-state index contributed by atoms with van der Waals surface area (Å²) in [4.78, 5) is 0. The molecule has 0 radical (unpaired) electrons. The van der Waals surface area contributed by atoms with E-state index >= 15 is 0 Å². The summed E-state index contributed by atoms with van der Waals surface area (Å²) in [5.41, 5.74) is 1.41. The summed E-state index contributed by atoms with van der Waals surface area (Å²) in [6.07, 6.45) is 4.54. The van der Waals surface area contributed by atoms with Gasteiger partial charge >= 0.3 is 0 Å². The average molecular weight is 269 g/mol. The van der Waals surface area contributed by atoms with Gasteiger partial charge in [0.1, 0.15) is 0 Å². The molecule has 0 spiro atoms. The van der Waals surface area contributed by atoms with E-state index in [0.29, 0.717) is 5.92 Å². The molecule has 0 bridgehead atoms. The first-order valence-corrected chi connectivity index (χ1v) is 7.35. The number of methoxy groups -OCH3 is 1. The maximum atomic E-state index is 6.16. The van der Waals surface area contributed by atoms with Crippen LogP contribution in [0.3, 0.4) is 0 Å². The number of ether oxygens (including phenoxy) is 2. The molecule has 0 aromatic rings. The van der Waals surface area contributed by atoms with Crippen LogP contribution in [0.25, 0.3) is 0 Å². The maximum absolute atomic E-state index is 6.16. The molecule has 112 valence electrons. The minimum atomic E-state index is -0.0481. The van der Waals surface area contributed by atoms with Crippen molar-refractivity contribution >= 4 is 0 Å². The maximum Gasteiger partial charge on any atom is 0.0699 e. The highest BCUT2D eigenvalue weighted by atomic mass is 16.5. The Bertz CT molecular complexity index is 308. The third-order valence-electron chi connectivity index (χ3n) is 3.89. The van der Waals surface area contributed by atoms with Gasteiger partial charge in [-0.15, -0.1) is 0 Å². The summed E-state index contributed by atoms with van der Waals surface area (Å²) in [6.45, 7) is 13.8. The van der Waals surface area contributed by atoms with Crippen molar-refractivity contribution in [1.82, 2.24) is 5.32 Å². The molecule has 0 aromatic carbocycles. The number of hydrogen-bond acceptors (Lipinski definition) is 3. The van der Waals surface area contributed by atoms with E-state index < -0.39 is 0 Å². The van der Waals surface area contributed by atoms with E-state index in [9.17, 15) is 0 Å². The van der Waals surface area contributed by atoms with Crippen LogP contribution in [-0.4, -0.2) is 38.0 Å². The summed E-state index contributed by atoms with van der Waals surface area (Å²) < 4.78 is 11.2. The summed E-state index contributed by atoms with van der Waals surface area (Å²) in [5.74, 6) is 0.529. The largest absolute Gasteiger partial charge is 0.383 e. The first-order valence-electron chi connectivity index (χ1n) is 7.35. The van der Waals surface area contributed by atoms with Crippen molar-refractivity contribution in [1.29, 1.82) is 0 Å². The fourth-order valence-electron chi connectivity index (χ4n) is 3.11. The lowest BCUT2D eigenvalue weighted by Gasteiger charge is -2.28. The molecule has 0 saturated carbocycles. The summed E-state index contributed by atoms with van der Waals surface area (Å²) in [7, 11) is 1.73. The lowest BCUT2D eigenvalue weighted by molar-refractivity contribution is -0.0714. The number of rotatable bonds is 7. The van der Waals surface area contributed by atoms with Crippen LogP contribution in [-0.2, 0) is 9.47 Å². The van der Waals surface area contributed by atoms with E-state index in [1.807, 2.05) is 0 Å². The molecule has 1 fully saturated rings. The van der Waals surface area contributed by atoms with Crippen LogP contribution in [0.5, 0.6) is 0 Å². The van der Waals surface area contributed by atoms with Crippen LogP contribution < -0.4 is 5.32 Å². The molecule has 1 N–H and O–H groups in total. The zero-order valence-corrected chi connectivity index (χ0v) is 13.5. The molecule has 1 unspecified atom stereocenters. The molecule has 1 atom stereocenters. The fourth-order valence-corrected chi connectivity index (χ4v) is 3.11. The Morgan fingerprint density at radius 2 is 2.00 bits per heavy atom. The molecular formula is C16H31NO2. The molecule has 1 saturated heterocycles. The molecule has 0 aliphatic carbocycles. The predicted molar refractivity (Wildman–Crippen MR) is 80.5 cm³/mol. The fraction of sp³-hybridized carbons (Fsp3) is 0.875. The van der Waals surface area contributed by atoms with Crippen molar-refractivity contribution in [2.45, 2.75) is 58.7 Å². The van der Waals surface area contributed by atoms with Crippen LogP contribution in [0.15, 0.2) is 11.6 Å². The molecule has 1 aliphatic rings. The van der Waals surface area contributed by atoms with Crippen molar-refractivity contribution in [2.75, 3.05) is 26.8 Å². The Labute approximate surface area is 118 Å². The normalized spacial score (nSPS) is 25.8. The van der Waals surface area contributed by atoms with Crippen LogP contribution in [0.2, 0.25) is 0 Å². The lowest BCUT2D eigenvalue weighted by Crippen LogP contribution is -2.30. The van der Waals surface area contributed by atoms with E-state index in [1.54, 1.807) is 7.11 Å². The SMILES string of the molecule is COCCNCC/C=C(/C)C1CC(C)(C)OC1(C)C. The van der Waals surface area contributed by atoms with E-state index in [0.717, 1.165) is 32.5 Å². The van der Waals surface area contributed by atoms with Gasteiger partial charge in [-0.25, -0.2) is 0 Å². The van der Waals surface area contributed by atoms with Crippen molar-refractivity contribution in [3.05, 3.63) is 11.6 Å². The predicted octanol–water partition coefficient (Wildman–Crippen LogP) is 3.15. The second-order valence-corrected chi connectivity index (χ2v) is 6.70. The van der Waals surface area contributed by atoms with E-state index in [1.165, 1.54) is 5.57 Å². The van der Waals surface area contributed by atoms with Gasteiger partial charge in [-0.1, -0.05) is 11.6 Å². The van der Waals surface area contributed by atoms with Crippen LogP contribution in [0.1, 0.15) is 47.5 Å². The van der Waals surface area contributed by atoms with Crippen molar-refractivity contribution < 1.29 is 9.47 Å². The van der Waals surface area contributed by atoms with Gasteiger partial charge < -0.3 is 14.8 Å². The third kappa shape index (κ3) is 5.25. The molecule has 3 heteroatoms. The van der Waals surface area contributed by atoms with Crippen molar-refractivity contribution in [3.8, 4) is 0 Å². The minimum absolute atomic E-state index is 0.0000185. The molecule has 1 heterocycles. The quantitative estimate of drug-likeness (QED) is 0.569. The van der Waals surface area contributed by atoms with Crippen LogP contribution in [0, 0.1) is 5.92 Å². The Hall–Kier alpha value is -0.380. The van der Waals surface area contributed by atoms with Gasteiger partial charge in [0.2, 0.25) is 0 Å². The van der Waals surface area contributed by atoms with E-state index in [2.05, 4.69) is 46.0 Å². The monoisotopic (exact) mass is 269 g/mol. The van der Waals surface area contributed by atoms with Gasteiger partial charge in [-0.3, -0.25) is 0 Å².